The molecule has 0 saturated carbocycles. The second-order valence-corrected chi connectivity index (χ2v) is 32.1. The highest BCUT2D eigenvalue weighted by Gasteiger charge is 2.54. The second-order valence-electron chi connectivity index (χ2n) is 16.8. The van der Waals surface area contributed by atoms with Crippen LogP contribution in [0.1, 0.15) is 67.9 Å². The molecule has 1 aliphatic rings. The average molecular weight is 649 g/mol. The molecule has 0 bridgehead atoms. The molecule has 0 unspecified atom stereocenters. The summed E-state index contributed by atoms with van der Waals surface area (Å²) in [4.78, 5) is 1.29. The van der Waals surface area contributed by atoms with E-state index in [1.807, 2.05) is 0 Å². The molecule has 0 amide bonds. The van der Waals surface area contributed by atoms with Crippen molar-refractivity contribution in [3.05, 3.63) is 47.3 Å². The lowest BCUT2D eigenvalue weighted by Gasteiger charge is -2.44. The van der Waals surface area contributed by atoms with E-state index in [0.717, 1.165) is 6.42 Å². The topological polar surface area (TPSA) is 36.9 Å². The van der Waals surface area contributed by atoms with Crippen LogP contribution in [-0.2, 0) is 24.4 Å². The summed E-state index contributed by atoms with van der Waals surface area (Å²) in [5, 5.41) is 2.42. The Labute approximate surface area is 265 Å². The largest absolute Gasteiger partial charge is 0.414 e. The van der Waals surface area contributed by atoms with Crippen molar-refractivity contribution < 1.29 is 18.0 Å². The van der Waals surface area contributed by atoms with Gasteiger partial charge in [0.05, 0.1) is 18.8 Å². The Bertz CT molecular complexity index is 1160. The van der Waals surface area contributed by atoms with Gasteiger partial charge in [-0.25, -0.2) is 0 Å². The molecule has 1 aromatic heterocycles. The van der Waals surface area contributed by atoms with E-state index in [2.05, 4.69) is 143 Å². The molecule has 0 spiro atoms. The van der Waals surface area contributed by atoms with E-state index in [9.17, 15) is 0 Å². The SMILES string of the molecule is CC(C)(C)[Si](C)(C)OC[C@H]1O[C@@H](Cc2ccccc2-c2cccs2)[C@H](O[Si](C)(C)C(C)(C)C)[C@@H]1O[Si](C)(C)C(C)(C)C. The van der Waals surface area contributed by atoms with Crippen molar-refractivity contribution in [1.82, 2.24) is 0 Å². The van der Waals surface area contributed by atoms with Crippen LogP contribution in [0.2, 0.25) is 54.4 Å². The molecule has 1 aliphatic heterocycles. The van der Waals surface area contributed by atoms with Crippen molar-refractivity contribution in [2.24, 2.45) is 0 Å². The van der Waals surface area contributed by atoms with Crippen LogP contribution >= 0.6 is 11.3 Å². The molecule has 42 heavy (non-hydrogen) atoms. The summed E-state index contributed by atoms with van der Waals surface area (Å²) in [7, 11) is -6.29. The Balaban J connectivity index is 2.08. The smallest absolute Gasteiger partial charge is 0.192 e. The first kappa shape index (κ1) is 35.9. The van der Waals surface area contributed by atoms with Crippen molar-refractivity contribution in [2.45, 2.75) is 148 Å². The summed E-state index contributed by atoms with van der Waals surface area (Å²) in [6.07, 6.45) is 0.138. The fourth-order valence-corrected chi connectivity index (χ4v) is 8.96. The molecular formula is C34H60O4SSi3. The van der Waals surface area contributed by atoms with Crippen LogP contribution in [0.3, 0.4) is 0 Å². The van der Waals surface area contributed by atoms with Crippen molar-refractivity contribution >= 4 is 36.3 Å². The minimum atomic E-state index is -2.15. The van der Waals surface area contributed by atoms with E-state index in [0.29, 0.717) is 6.61 Å². The standard InChI is InChI=1S/C34H60O4SSi3/c1-32(2,3)40(10,11)35-24-28-31(38-42(14,15)34(7,8)9)30(37-41(12,13)33(4,5)6)27(36-28)23-25-19-16-17-20-26(25)29-21-18-22-39-29/h16-22,27-28,30-31H,23-24H2,1-15H3/t27-,28+,30-,31+/m0/s1. The van der Waals surface area contributed by atoms with Crippen LogP contribution in [0.4, 0.5) is 0 Å². The number of benzene rings is 1. The van der Waals surface area contributed by atoms with Gasteiger partial charge >= 0.3 is 0 Å². The fourth-order valence-electron chi connectivity index (χ4n) is 4.51. The quantitative estimate of drug-likeness (QED) is 0.240. The molecular weight excluding hydrogens is 589 g/mol. The first-order chi connectivity index (χ1) is 19.0. The molecule has 238 valence electrons. The van der Waals surface area contributed by atoms with Crippen LogP contribution in [0.25, 0.3) is 10.4 Å². The molecule has 0 aliphatic carbocycles. The Morgan fingerprint density at radius 2 is 1.17 bits per heavy atom. The molecule has 4 nitrogen and oxygen atoms in total. The molecule has 0 radical (unpaired) electrons. The van der Waals surface area contributed by atoms with Gasteiger partial charge < -0.3 is 18.0 Å². The molecule has 2 heterocycles. The lowest BCUT2D eigenvalue weighted by atomic mass is 9.97. The van der Waals surface area contributed by atoms with Gasteiger partial charge in [0, 0.05) is 11.3 Å². The van der Waals surface area contributed by atoms with Gasteiger partial charge in [-0.15, -0.1) is 11.3 Å². The maximum atomic E-state index is 7.35. The first-order valence-corrected chi connectivity index (χ1v) is 25.3. The summed E-state index contributed by atoms with van der Waals surface area (Å²) in [5.41, 5.74) is 2.58. The number of rotatable bonds is 10. The second kappa shape index (κ2) is 12.7. The van der Waals surface area contributed by atoms with E-state index >= 15 is 0 Å². The van der Waals surface area contributed by atoms with Crippen molar-refractivity contribution in [2.75, 3.05) is 6.61 Å². The molecule has 8 heteroatoms. The van der Waals surface area contributed by atoms with Gasteiger partial charge in [0.2, 0.25) is 0 Å². The van der Waals surface area contributed by atoms with Crippen LogP contribution in [0.5, 0.6) is 0 Å². The zero-order chi connectivity index (χ0) is 31.9. The van der Waals surface area contributed by atoms with Gasteiger partial charge in [0.15, 0.2) is 25.0 Å². The lowest BCUT2D eigenvalue weighted by molar-refractivity contribution is -0.0159. The lowest BCUT2D eigenvalue weighted by Crippen LogP contribution is -2.55. The Kier molecular flexibility index (Phi) is 10.8. The molecule has 1 aromatic carbocycles. The number of hydrogen-bond donors (Lipinski definition) is 0. The fraction of sp³-hybridized carbons (Fsp3) is 0.706. The third kappa shape index (κ3) is 8.16. The Morgan fingerprint density at radius 1 is 0.667 bits per heavy atom. The Morgan fingerprint density at radius 3 is 1.64 bits per heavy atom. The maximum Gasteiger partial charge on any atom is 0.192 e. The zero-order valence-corrected chi connectivity index (χ0v) is 33.1. The van der Waals surface area contributed by atoms with Gasteiger partial charge in [-0.2, -0.15) is 0 Å². The monoisotopic (exact) mass is 648 g/mol. The third-order valence-electron chi connectivity index (χ3n) is 10.5. The first-order valence-electron chi connectivity index (χ1n) is 15.7. The molecule has 1 saturated heterocycles. The Hall–Kier alpha value is -0.589. The molecule has 3 rings (SSSR count). The third-order valence-corrected chi connectivity index (χ3v) is 24.9. The predicted molar refractivity (Wildman–Crippen MR) is 189 cm³/mol. The van der Waals surface area contributed by atoms with Gasteiger partial charge in [0.1, 0.15) is 12.2 Å². The number of thiophene rings is 1. The normalized spacial score (nSPS) is 23.0. The molecule has 4 atom stereocenters. The summed E-state index contributed by atoms with van der Waals surface area (Å²) < 4.78 is 28.6. The van der Waals surface area contributed by atoms with E-state index in [4.69, 9.17) is 18.0 Å². The van der Waals surface area contributed by atoms with Crippen molar-refractivity contribution in [3.8, 4) is 10.4 Å². The molecule has 0 N–H and O–H groups in total. The highest BCUT2D eigenvalue weighted by atomic mass is 32.1. The number of ether oxygens (including phenoxy) is 1. The average Bonchev–Trinajstić information content (AvgIpc) is 3.45. The molecule has 1 fully saturated rings. The summed E-state index contributed by atoms with van der Waals surface area (Å²) >= 11 is 1.79. The number of hydrogen-bond acceptors (Lipinski definition) is 5. The summed E-state index contributed by atoms with van der Waals surface area (Å²) in [5.74, 6) is 0. The highest BCUT2D eigenvalue weighted by Crippen LogP contribution is 2.45. The van der Waals surface area contributed by atoms with E-state index in [-0.39, 0.29) is 39.5 Å². The predicted octanol–water partition coefficient (Wildman–Crippen LogP) is 10.5. The van der Waals surface area contributed by atoms with Gasteiger partial charge in [-0.1, -0.05) is 92.6 Å². The summed E-state index contributed by atoms with van der Waals surface area (Å²) in [6, 6.07) is 13.1. The van der Waals surface area contributed by atoms with E-state index in [1.54, 1.807) is 11.3 Å². The summed E-state index contributed by atoms with van der Waals surface area (Å²) in [6.45, 7) is 35.4. The molecule has 2 aromatic rings. The van der Waals surface area contributed by atoms with E-state index in [1.165, 1.54) is 16.0 Å². The zero-order valence-electron chi connectivity index (χ0n) is 29.3. The highest BCUT2D eigenvalue weighted by molar-refractivity contribution is 7.13. The van der Waals surface area contributed by atoms with Gasteiger partial charge in [-0.3, -0.25) is 0 Å². The van der Waals surface area contributed by atoms with Gasteiger partial charge in [-0.05, 0) is 77.0 Å². The minimum absolute atomic E-state index is 0.0726. The van der Waals surface area contributed by atoms with Crippen molar-refractivity contribution in [3.63, 3.8) is 0 Å². The maximum absolute atomic E-state index is 7.35. The van der Waals surface area contributed by atoms with Crippen LogP contribution in [0.15, 0.2) is 41.8 Å². The van der Waals surface area contributed by atoms with Crippen LogP contribution < -0.4 is 0 Å². The minimum Gasteiger partial charge on any atom is -0.414 e. The van der Waals surface area contributed by atoms with Crippen LogP contribution in [-0.4, -0.2) is 56.0 Å². The van der Waals surface area contributed by atoms with Crippen molar-refractivity contribution in [1.29, 1.82) is 0 Å². The van der Waals surface area contributed by atoms with E-state index < -0.39 is 25.0 Å². The van der Waals surface area contributed by atoms with Crippen LogP contribution in [0, 0.1) is 0 Å². The van der Waals surface area contributed by atoms with Gasteiger partial charge in [0.25, 0.3) is 0 Å².